The van der Waals surface area contributed by atoms with E-state index in [2.05, 4.69) is 23.4 Å². The fourth-order valence-electron chi connectivity index (χ4n) is 0. The van der Waals surface area contributed by atoms with Crippen LogP contribution in [0.3, 0.4) is 0 Å². The van der Waals surface area contributed by atoms with Gasteiger partial charge in [0.05, 0.1) is 0 Å². The van der Waals surface area contributed by atoms with E-state index in [4.69, 9.17) is 0 Å². The normalized spacial score (nSPS) is 6.50. The maximum Gasteiger partial charge on any atom is 0.311 e. The minimum Gasteiger partial charge on any atom is -0.366 e. The highest BCUT2D eigenvalue weighted by Crippen LogP contribution is 1.48. The smallest absolute Gasteiger partial charge is 0.311 e. The molecule has 0 saturated heterocycles. The molecule has 5 nitrogen and oxygen atoms in total. The van der Waals surface area contributed by atoms with Crippen LogP contribution in [-0.4, -0.2) is 19.0 Å². The summed E-state index contributed by atoms with van der Waals surface area (Å²) in [6.45, 7) is 3.09. The fraction of sp³-hybridized carbons (Fsp3) is 0.200. The molecule has 0 fully saturated rings. The Kier molecular flexibility index (Phi) is 8.45. The molecular weight excluding hydrogens is 134 g/mol. The standard InChI is InChI=1S/C3H5NO.C2H6N2O/c1-2-3(4)5;1-4-2(3)5/h2H,1H2,(H2,4,5);1H3,(H3,3,4,5). The van der Waals surface area contributed by atoms with Crippen LogP contribution < -0.4 is 16.8 Å². The van der Waals surface area contributed by atoms with E-state index in [-0.39, 0.29) is 0 Å². The van der Waals surface area contributed by atoms with Gasteiger partial charge in [-0.15, -0.1) is 0 Å². The Bertz CT molecular complexity index is 133. The van der Waals surface area contributed by atoms with E-state index in [1.165, 1.54) is 7.05 Å². The summed E-state index contributed by atoms with van der Waals surface area (Å²) in [7, 11) is 1.47. The minimum absolute atomic E-state index is 0.481. The van der Waals surface area contributed by atoms with Crippen molar-refractivity contribution in [2.45, 2.75) is 0 Å². The van der Waals surface area contributed by atoms with E-state index in [1.807, 2.05) is 0 Å². The number of carbonyl (C=O) groups is 2. The van der Waals surface area contributed by atoms with Crippen LogP contribution in [0.25, 0.3) is 0 Å². The molecule has 0 aliphatic carbocycles. The van der Waals surface area contributed by atoms with Crippen molar-refractivity contribution in [3.8, 4) is 0 Å². The predicted molar refractivity (Wildman–Crippen MR) is 38.0 cm³/mol. The molecule has 0 aromatic carbocycles. The molecule has 10 heavy (non-hydrogen) atoms. The van der Waals surface area contributed by atoms with Crippen molar-refractivity contribution >= 4 is 11.9 Å². The lowest BCUT2D eigenvalue weighted by Gasteiger charge is -1.80. The monoisotopic (exact) mass is 145 g/mol. The number of nitrogens with two attached hydrogens (primary N) is 2. The Morgan fingerprint density at radius 3 is 1.70 bits per heavy atom. The lowest BCUT2D eigenvalue weighted by atomic mass is 10.6. The molecule has 0 spiro atoms. The Morgan fingerprint density at radius 2 is 1.70 bits per heavy atom. The quantitative estimate of drug-likeness (QED) is 0.410. The van der Waals surface area contributed by atoms with Gasteiger partial charge in [0, 0.05) is 7.05 Å². The van der Waals surface area contributed by atoms with Crippen molar-refractivity contribution in [2.75, 3.05) is 7.05 Å². The zero-order valence-electron chi connectivity index (χ0n) is 5.76. The summed E-state index contributed by atoms with van der Waals surface area (Å²) in [5.74, 6) is -0.481. The molecule has 0 unspecified atom stereocenters. The molecule has 0 bridgehead atoms. The highest BCUT2D eigenvalue weighted by molar-refractivity contribution is 5.84. The van der Waals surface area contributed by atoms with Gasteiger partial charge in [-0.05, 0) is 6.08 Å². The summed E-state index contributed by atoms with van der Waals surface area (Å²) in [6.07, 6.45) is 1.06. The van der Waals surface area contributed by atoms with Gasteiger partial charge in [0.15, 0.2) is 0 Å². The van der Waals surface area contributed by atoms with Gasteiger partial charge in [-0.2, -0.15) is 0 Å². The number of amides is 3. The number of urea groups is 1. The molecule has 0 aromatic rings. The van der Waals surface area contributed by atoms with Crippen LogP contribution in [0.1, 0.15) is 0 Å². The first-order valence-corrected chi connectivity index (χ1v) is 2.43. The zero-order chi connectivity index (χ0) is 8.57. The molecule has 0 aromatic heterocycles. The molecular formula is C5H11N3O2. The van der Waals surface area contributed by atoms with Crippen LogP contribution >= 0.6 is 0 Å². The predicted octanol–water partition coefficient (Wildman–Crippen LogP) is -1.06. The number of rotatable bonds is 1. The Morgan fingerprint density at radius 1 is 1.50 bits per heavy atom. The molecule has 58 valence electrons. The SMILES string of the molecule is C=CC(N)=O.CNC(N)=O. The van der Waals surface area contributed by atoms with Gasteiger partial charge >= 0.3 is 6.03 Å². The molecule has 0 rings (SSSR count). The maximum atomic E-state index is 9.48. The largest absolute Gasteiger partial charge is 0.366 e. The van der Waals surface area contributed by atoms with Gasteiger partial charge in [0.2, 0.25) is 5.91 Å². The van der Waals surface area contributed by atoms with E-state index < -0.39 is 11.9 Å². The summed E-state index contributed by atoms with van der Waals surface area (Å²) in [5, 5.41) is 2.17. The number of nitrogens with one attached hydrogen (secondary N) is 1. The molecule has 5 heteroatoms. The second-order valence-electron chi connectivity index (χ2n) is 1.22. The van der Waals surface area contributed by atoms with E-state index in [0.717, 1.165) is 6.08 Å². The van der Waals surface area contributed by atoms with Gasteiger partial charge in [-0.25, -0.2) is 4.79 Å². The van der Waals surface area contributed by atoms with Gasteiger partial charge in [-0.1, -0.05) is 6.58 Å². The third-order valence-corrected chi connectivity index (χ3v) is 0.448. The highest BCUT2D eigenvalue weighted by Gasteiger charge is 1.72. The average molecular weight is 145 g/mol. The Balaban J connectivity index is 0. The van der Waals surface area contributed by atoms with Gasteiger partial charge < -0.3 is 16.8 Å². The van der Waals surface area contributed by atoms with Crippen molar-refractivity contribution in [2.24, 2.45) is 11.5 Å². The van der Waals surface area contributed by atoms with E-state index in [1.54, 1.807) is 0 Å². The van der Waals surface area contributed by atoms with Crippen molar-refractivity contribution in [3.05, 3.63) is 12.7 Å². The number of hydrogen-bond donors (Lipinski definition) is 3. The summed E-state index contributed by atoms with van der Waals surface area (Å²) < 4.78 is 0. The van der Waals surface area contributed by atoms with Crippen LogP contribution in [0.15, 0.2) is 12.7 Å². The molecule has 0 heterocycles. The molecule has 3 amide bonds. The van der Waals surface area contributed by atoms with Crippen molar-refractivity contribution in [3.63, 3.8) is 0 Å². The van der Waals surface area contributed by atoms with Gasteiger partial charge in [-0.3, -0.25) is 4.79 Å². The Hall–Kier alpha value is -1.52. The number of carbonyl (C=O) groups excluding carboxylic acids is 2. The molecule has 0 aliphatic rings. The first-order valence-electron chi connectivity index (χ1n) is 2.43. The Labute approximate surface area is 59.1 Å². The second kappa shape index (κ2) is 7.48. The molecule has 0 saturated carbocycles. The van der Waals surface area contributed by atoms with Crippen LogP contribution in [0, 0.1) is 0 Å². The van der Waals surface area contributed by atoms with Crippen molar-refractivity contribution in [1.29, 1.82) is 0 Å². The average Bonchev–Trinajstić information content (AvgIpc) is 1.89. The lowest BCUT2D eigenvalue weighted by molar-refractivity contribution is -0.113. The molecule has 0 aliphatic heterocycles. The summed E-state index contributed by atoms with van der Waals surface area (Å²) in [5.41, 5.74) is 9.08. The molecule has 0 radical (unpaired) electrons. The van der Waals surface area contributed by atoms with Crippen molar-refractivity contribution < 1.29 is 9.59 Å². The van der Waals surface area contributed by atoms with Crippen molar-refractivity contribution in [1.82, 2.24) is 5.32 Å². The third kappa shape index (κ3) is 31.6. The maximum absolute atomic E-state index is 9.48. The summed E-state index contributed by atoms with van der Waals surface area (Å²) in [6, 6.07) is -0.495. The first-order chi connectivity index (χ1) is 4.54. The van der Waals surface area contributed by atoms with Crippen LogP contribution in [0.4, 0.5) is 4.79 Å². The van der Waals surface area contributed by atoms with Gasteiger partial charge in [0.1, 0.15) is 0 Å². The second-order valence-corrected chi connectivity index (χ2v) is 1.22. The third-order valence-electron chi connectivity index (χ3n) is 0.448. The lowest BCUT2D eigenvalue weighted by Crippen LogP contribution is -2.24. The van der Waals surface area contributed by atoms with Gasteiger partial charge in [0.25, 0.3) is 0 Å². The first kappa shape index (κ1) is 11.3. The summed E-state index contributed by atoms with van der Waals surface area (Å²) >= 11 is 0. The zero-order valence-corrected chi connectivity index (χ0v) is 5.76. The number of primary amides is 2. The molecule has 5 N–H and O–H groups in total. The topological polar surface area (TPSA) is 98.2 Å². The van der Waals surface area contributed by atoms with E-state index in [0.29, 0.717) is 0 Å². The summed E-state index contributed by atoms with van der Waals surface area (Å²) in [4.78, 5) is 19.0. The molecule has 0 atom stereocenters. The van der Waals surface area contributed by atoms with E-state index in [9.17, 15) is 9.59 Å². The van der Waals surface area contributed by atoms with Crippen LogP contribution in [0.2, 0.25) is 0 Å². The van der Waals surface area contributed by atoms with Crippen LogP contribution in [-0.2, 0) is 4.79 Å². The number of hydrogen-bond acceptors (Lipinski definition) is 2. The van der Waals surface area contributed by atoms with Crippen LogP contribution in [0.5, 0.6) is 0 Å². The fourth-order valence-corrected chi connectivity index (χ4v) is 0. The van der Waals surface area contributed by atoms with E-state index >= 15 is 0 Å². The minimum atomic E-state index is -0.495. The highest BCUT2D eigenvalue weighted by atomic mass is 16.2.